The quantitative estimate of drug-likeness (QED) is 0.0222. The fraction of sp³-hybridized carbons (Fsp3) is 0.957. The van der Waals surface area contributed by atoms with Crippen molar-refractivity contribution >= 4 is 39.5 Å². The van der Waals surface area contributed by atoms with Crippen molar-refractivity contribution in [3.8, 4) is 0 Å². The van der Waals surface area contributed by atoms with Crippen LogP contribution < -0.4 is 0 Å². The third-order valence-electron chi connectivity index (χ3n) is 21.7. The van der Waals surface area contributed by atoms with E-state index in [-0.39, 0.29) is 25.7 Å². The molecule has 0 aromatic heterocycles. The van der Waals surface area contributed by atoms with Gasteiger partial charge < -0.3 is 33.8 Å². The molecule has 0 radical (unpaired) electrons. The molecule has 0 aromatic rings. The SMILES string of the molecule is CCCCCCCCCCCCCCCCCCCCCCCC(=O)OC[C@H](COP(=O)(O)OC[C@@H](O)COP(=O)(O)OC[C@@H](COC(=O)CCCCCCCCCCCC)OC(=O)CCCCCCCCCCCCCCCCCCC(C)C)OC(=O)CCCCCCCCCCCCCCCCCCCCC(C)C. The lowest BCUT2D eigenvalue weighted by molar-refractivity contribution is -0.161. The molecule has 0 heterocycles. The zero-order chi connectivity index (χ0) is 81.3. The topological polar surface area (TPSA) is 237 Å². The Kier molecular flexibility index (Phi) is 81.7. The number of hydrogen-bond acceptors (Lipinski definition) is 15. The Morgan fingerprint density at radius 1 is 0.243 bits per heavy atom. The third kappa shape index (κ3) is 85.8. The minimum absolute atomic E-state index is 0.108. The van der Waals surface area contributed by atoms with Crippen molar-refractivity contribution in [1.29, 1.82) is 0 Å². The largest absolute Gasteiger partial charge is 0.472 e. The van der Waals surface area contributed by atoms with Gasteiger partial charge >= 0.3 is 39.5 Å². The van der Waals surface area contributed by atoms with Crippen LogP contribution in [0.25, 0.3) is 0 Å². The molecule has 19 heteroatoms. The Morgan fingerprint density at radius 3 is 0.613 bits per heavy atom. The van der Waals surface area contributed by atoms with Gasteiger partial charge in [-0.1, -0.05) is 446 Å². The minimum atomic E-state index is -4.97. The van der Waals surface area contributed by atoms with Crippen LogP contribution in [0.15, 0.2) is 0 Å². The summed E-state index contributed by atoms with van der Waals surface area (Å²) in [6, 6.07) is 0. The Morgan fingerprint density at radius 2 is 0.414 bits per heavy atom. The van der Waals surface area contributed by atoms with Crippen molar-refractivity contribution in [2.24, 2.45) is 11.8 Å². The average Bonchev–Trinajstić information content (AvgIpc) is 0.898. The van der Waals surface area contributed by atoms with Gasteiger partial charge in [0.1, 0.15) is 19.3 Å². The number of phosphoric ester groups is 2. The molecule has 660 valence electrons. The molecule has 0 spiro atoms. The van der Waals surface area contributed by atoms with E-state index in [1.807, 2.05) is 0 Å². The Bertz CT molecular complexity index is 2120. The van der Waals surface area contributed by atoms with E-state index in [0.29, 0.717) is 25.7 Å². The number of rotatable bonds is 91. The van der Waals surface area contributed by atoms with Gasteiger partial charge in [0.05, 0.1) is 26.4 Å². The number of hydrogen-bond donors (Lipinski definition) is 3. The van der Waals surface area contributed by atoms with Crippen molar-refractivity contribution in [2.75, 3.05) is 39.6 Å². The number of esters is 4. The molecule has 0 bridgehead atoms. The van der Waals surface area contributed by atoms with Gasteiger partial charge in [0, 0.05) is 25.7 Å². The first kappa shape index (κ1) is 109. The Labute approximate surface area is 683 Å². The minimum Gasteiger partial charge on any atom is -0.462 e. The standard InChI is InChI=1S/C92H180O17P2/c1-7-9-11-13-15-17-19-20-21-22-23-24-25-29-35-40-45-51-57-63-69-75-90(95)103-81-88(109-92(97)76-70-64-58-52-46-41-36-30-27-26-28-33-38-43-48-54-60-66-72-84(3)4)83-107-111(100,101)105-79-86(93)78-104-110(98,99)106-82-87(80-102-89(94)74-68-62-56-50-18-16-14-12-10-8-2)108-91(96)77-71-65-59-53-47-42-37-32-31-34-39-44-49-55-61-67-73-85(5)6/h84-88,93H,7-83H2,1-6H3,(H,98,99)(H,100,101)/t86-,87+,88+/m0/s1. The fourth-order valence-corrected chi connectivity index (χ4v) is 16.1. The maximum Gasteiger partial charge on any atom is 0.472 e. The van der Waals surface area contributed by atoms with Gasteiger partial charge in [-0.15, -0.1) is 0 Å². The van der Waals surface area contributed by atoms with E-state index in [9.17, 15) is 43.2 Å². The molecule has 0 aliphatic carbocycles. The summed E-state index contributed by atoms with van der Waals surface area (Å²) in [5, 5.41) is 10.7. The summed E-state index contributed by atoms with van der Waals surface area (Å²) in [4.78, 5) is 73.4. The van der Waals surface area contributed by atoms with Gasteiger partial charge in [-0.05, 0) is 37.5 Å². The summed E-state index contributed by atoms with van der Waals surface area (Å²) in [5.41, 5.74) is 0. The first-order valence-corrected chi connectivity index (χ1v) is 50.5. The number of phosphoric acid groups is 2. The molecule has 0 fully saturated rings. The zero-order valence-electron chi connectivity index (χ0n) is 73.3. The second kappa shape index (κ2) is 83.1. The van der Waals surface area contributed by atoms with Crippen molar-refractivity contribution in [3.63, 3.8) is 0 Å². The van der Waals surface area contributed by atoms with Crippen LogP contribution in [0, 0.1) is 11.8 Å². The lowest BCUT2D eigenvalue weighted by Gasteiger charge is -2.21. The second-order valence-corrected chi connectivity index (χ2v) is 36.9. The highest BCUT2D eigenvalue weighted by Crippen LogP contribution is 2.45. The molecular weight excluding hydrogens is 1440 g/mol. The summed E-state index contributed by atoms with van der Waals surface area (Å²) in [6.45, 7) is 9.76. The third-order valence-corrected chi connectivity index (χ3v) is 23.6. The first-order valence-electron chi connectivity index (χ1n) is 47.5. The van der Waals surface area contributed by atoms with E-state index in [4.69, 9.17) is 37.0 Å². The van der Waals surface area contributed by atoms with E-state index in [0.717, 1.165) is 102 Å². The molecule has 17 nitrogen and oxygen atoms in total. The molecule has 0 aromatic carbocycles. The van der Waals surface area contributed by atoms with Gasteiger partial charge in [-0.3, -0.25) is 37.3 Å². The van der Waals surface area contributed by atoms with E-state index in [1.54, 1.807) is 0 Å². The molecule has 0 aliphatic heterocycles. The zero-order valence-corrected chi connectivity index (χ0v) is 75.1. The Balaban J connectivity index is 5.21. The fourth-order valence-electron chi connectivity index (χ4n) is 14.5. The van der Waals surface area contributed by atoms with E-state index >= 15 is 0 Å². The number of unbranched alkanes of at least 4 members (excludes halogenated alkanes) is 61. The lowest BCUT2D eigenvalue weighted by atomic mass is 10.0. The molecule has 5 atom stereocenters. The summed E-state index contributed by atoms with van der Waals surface area (Å²) in [5.74, 6) is -0.465. The maximum absolute atomic E-state index is 13.2. The average molecular weight is 1620 g/mol. The highest BCUT2D eigenvalue weighted by Gasteiger charge is 2.31. The van der Waals surface area contributed by atoms with Crippen molar-refractivity contribution in [1.82, 2.24) is 0 Å². The van der Waals surface area contributed by atoms with Crippen LogP contribution in [0.5, 0.6) is 0 Å². The van der Waals surface area contributed by atoms with E-state index in [2.05, 4.69) is 41.5 Å². The molecule has 111 heavy (non-hydrogen) atoms. The highest BCUT2D eigenvalue weighted by atomic mass is 31.2. The molecular formula is C92H180O17P2. The molecule has 0 saturated heterocycles. The number of aliphatic hydroxyl groups is 1. The van der Waals surface area contributed by atoms with Crippen LogP contribution in [-0.2, 0) is 65.4 Å². The summed E-state index contributed by atoms with van der Waals surface area (Å²) in [6.07, 6.45) is 77.9. The monoisotopic (exact) mass is 1620 g/mol. The van der Waals surface area contributed by atoms with Crippen LogP contribution in [0.1, 0.15) is 497 Å². The smallest absolute Gasteiger partial charge is 0.462 e. The van der Waals surface area contributed by atoms with Crippen LogP contribution in [0.3, 0.4) is 0 Å². The normalized spacial score (nSPS) is 13.7. The summed E-state index contributed by atoms with van der Waals surface area (Å²) >= 11 is 0. The molecule has 2 unspecified atom stereocenters. The van der Waals surface area contributed by atoms with Gasteiger partial charge in [0.2, 0.25) is 0 Å². The van der Waals surface area contributed by atoms with Gasteiger partial charge in [-0.25, -0.2) is 9.13 Å². The van der Waals surface area contributed by atoms with Gasteiger partial charge in [-0.2, -0.15) is 0 Å². The first-order chi connectivity index (χ1) is 53.9. The highest BCUT2D eigenvalue weighted by molar-refractivity contribution is 7.47. The molecule has 0 amide bonds. The van der Waals surface area contributed by atoms with Gasteiger partial charge in [0.15, 0.2) is 12.2 Å². The molecule has 3 N–H and O–H groups in total. The Hall–Kier alpha value is -1.94. The number of carbonyl (C=O) groups excluding carboxylic acids is 4. The van der Waals surface area contributed by atoms with Gasteiger partial charge in [0.25, 0.3) is 0 Å². The molecule has 0 rings (SSSR count). The summed E-state index contributed by atoms with van der Waals surface area (Å²) < 4.78 is 69.1. The molecule has 0 aliphatic rings. The van der Waals surface area contributed by atoms with Crippen LogP contribution >= 0.6 is 15.6 Å². The number of aliphatic hydroxyl groups excluding tert-OH is 1. The maximum atomic E-state index is 13.2. The summed E-state index contributed by atoms with van der Waals surface area (Å²) in [7, 11) is -9.93. The number of carbonyl (C=O) groups is 4. The van der Waals surface area contributed by atoms with Crippen LogP contribution in [0.2, 0.25) is 0 Å². The second-order valence-electron chi connectivity index (χ2n) is 34.0. The van der Waals surface area contributed by atoms with Crippen molar-refractivity contribution < 1.29 is 80.2 Å². The van der Waals surface area contributed by atoms with E-state index in [1.165, 1.54) is 315 Å². The molecule has 0 saturated carbocycles. The predicted octanol–water partition coefficient (Wildman–Crippen LogP) is 28.6. The van der Waals surface area contributed by atoms with Crippen LogP contribution in [0.4, 0.5) is 0 Å². The van der Waals surface area contributed by atoms with E-state index < -0.39 is 97.5 Å². The lowest BCUT2D eigenvalue weighted by Crippen LogP contribution is -2.30. The van der Waals surface area contributed by atoms with Crippen LogP contribution in [-0.4, -0.2) is 96.7 Å². The van der Waals surface area contributed by atoms with Crippen molar-refractivity contribution in [2.45, 2.75) is 516 Å². The predicted molar refractivity (Wildman–Crippen MR) is 460 cm³/mol. The van der Waals surface area contributed by atoms with Crippen molar-refractivity contribution in [3.05, 3.63) is 0 Å². The number of ether oxygens (including phenoxy) is 4.